The minimum Gasteiger partial charge on any atom is -0.508 e. The van der Waals surface area contributed by atoms with E-state index < -0.39 is 95.9 Å². The molecule has 18 heteroatoms. The first-order valence-corrected chi connectivity index (χ1v) is 16.6. The number of unbranched alkanes of at least 4 members (excludes halogenated alkanes) is 1. The summed E-state index contributed by atoms with van der Waals surface area (Å²) in [5, 5.41) is 34.0. The molecule has 0 fully saturated rings. The van der Waals surface area contributed by atoms with Crippen LogP contribution >= 0.6 is 0 Å². The topological polar surface area (TPSA) is 301 Å². The fourth-order valence-corrected chi connectivity index (χ4v) is 4.75. The Bertz CT molecular complexity index is 1390. The maximum atomic E-state index is 13.8. The number of hydrogen-bond acceptors (Lipinski definition) is 10. The third-order valence-electron chi connectivity index (χ3n) is 7.71. The van der Waals surface area contributed by atoms with E-state index in [4.69, 9.17) is 11.5 Å². The summed E-state index contributed by atoms with van der Waals surface area (Å²) in [7, 11) is 0. The third-order valence-corrected chi connectivity index (χ3v) is 7.71. The number of aliphatic carboxylic acids is 1. The molecule has 0 saturated heterocycles. The molecule has 12 N–H and O–H groups in total. The summed E-state index contributed by atoms with van der Waals surface area (Å²) in [6, 6.07) is -1.40. The van der Waals surface area contributed by atoms with E-state index in [-0.39, 0.29) is 25.0 Å². The number of phenols is 1. The number of carboxylic acid groups (broad SMARTS) is 1. The standard InChI is InChI=1S/C33H52N8O10/c1-17(2)27(41-31(49)24(13-14-26(44)45)38-29(47)19(4)36-20(5)42)33(51)40-25(16-21-9-11-22(43)12-10-21)32(50)39-23(8-6-7-15-34)30(48)37-18(3)28(35)46/h9-12,17-19,23-25,27,43H,6-8,13-16,34H2,1-5H3,(H2,35,46)(H,36,42)(H,37,48)(H,38,47)(H,39,50)(H,40,51)(H,41,49)(H,44,45)/t18-,19-,23-,24-,25-,27-/m0/s1. The Balaban J connectivity index is 3.35. The zero-order valence-electron chi connectivity index (χ0n) is 29.6. The number of carboxylic acids is 1. The van der Waals surface area contributed by atoms with E-state index in [2.05, 4.69) is 31.9 Å². The second kappa shape index (κ2) is 21.7. The Morgan fingerprint density at radius 2 is 1.20 bits per heavy atom. The molecule has 0 aliphatic heterocycles. The Kier molecular flexibility index (Phi) is 18.7. The lowest BCUT2D eigenvalue weighted by Gasteiger charge is -2.28. The Hall–Kier alpha value is -5.26. The number of carbonyl (C=O) groups is 8. The number of carbonyl (C=O) groups excluding carboxylic acids is 7. The van der Waals surface area contributed by atoms with E-state index in [0.717, 1.165) is 0 Å². The van der Waals surface area contributed by atoms with Crippen molar-refractivity contribution in [1.82, 2.24) is 31.9 Å². The van der Waals surface area contributed by atoms with Gasteiger partial charge in [-0.1, -0.05) is 26.0 Å². The monoisotopic (exact) mass is 720 g/mol. The van der Waals surface area contributed by atoms with Gasteiger partial charge in [-0.15, -0.1) is 0 Å². The van der Waals surface area contributed by atoms with Crippen molar-refractivity contribution in [2.24, 2.45) is 17.4 Å². The number of benzene rings is 1. The number of amides is 7. The molecular formula is C33H52N8O10. The summed E-state index contributed by atoms with van der Waals surface area (Å²) in [6.07, 6.45) is 0.186. The van der Waals surface area contributed by atoms with Gasteiger partial charge in [-0.3, -0.25) is 38.4 Å². The van der Waals surface area contributed by atoms with Crippen LogP contribution in [0.2, 0.25) is 0 Å². The summed E-state index contributed by atoms with van der Waals surface area (Å²) >= 11 is 0. The summed E-state index contributed by atoms with van der Waals surface area (Å²) in [5.74, 6) is -7.06. The van der Waals surface area contributed by atoms with Crippen LogP contribution in [-0.4, -0.2) is 100 Å². The quantitative estimate of drug-likeness (QED) is 0.0587. The summed E-state index contributed by atoms with van der Waals surface area (Å²) < 4.78 is 0. The molecule has 1 aromatic carbocycles. The molecule has 0 spiro atoms. The maximum absolute atomic E-state index is 13.8. The van der Waals surface area contributed by atoms with E-state index in [1.807, 2.05) is 0 Å². The van der Waals surface area contributed by atoms with E-state index in [1.54, 1.807) is 13.8 Å². The van der Waals surface area contributed by atoms with Gasteiger partial charge in [0.15, 0.2) is 0 Å². The molecule has 0 heterocycles. The van der Waals surface area contributed by atoms with Gasteiger partial charge < -0.3 is 53.6 Å². The molecule has 0 unspecified atom stereocenters. The third kappa shape index (κ3) is 16.3. The molecule has 6 atom stereocenters. The molecule has 1 aromatic rings. The van der Waals surface area contributed by atoms with Gasteiger partial charge in [-0.05, 0) is 69.7 Å². The van der Waals surface area contributed by atoms with Gasteiger partial charge in [0.1, 0.15) is 42.0 Å². The molecule has 7 amide bonds. The van der Waals surface area contributed by atoms with E-state index in [9.17, 15) is 48.6 Å². The van der Waals surface area contributed by atoms with Crippen LogP contribution in [0.25, 0.3) is 0 Å². The number of phenolic OH excluding ortho intramolecular Hbond substituents is 1. The van der Waals surface area contributed by atoms with E-state index in [1.165, 1.54) is 45.0 Å². The molecule has 0 aliphatic rings. The molecule has 0 aliphatic carbocycles. The van der Waals surface area contributed by atoms with Crippen molar-refractivity contribution < 1.29 is 48.6 Å². The predicted molar refractivity (Wildman–Crippen MR) is 184 cm³/mol. The van der Waals surface area contributed by atoms with Crippen molar-refractivity contribution in [3.05, 3.63) is 29.8 Å². The Morgan fingerprint density at radius 3 is 1.73 bits per heavy atom. The van der Waals surface area contributed by atoms with Crippen LogP contribution in [0.15, 0.2) is 24.3 Å². The molecular weight excluding hydrogens is 668 g/mol. The highest BCUT2D eigenvalue weighted by molar-refractivity contribution is 5.97. The van der Waals surface area contributed by atoms with Gasteiger partial charge in [0.25, 0.3) is 0 Å². The predicted octanol–water partition coefficient (Wildman–Crippen LogP) is -1.96. The molecule has 51 heavy (non-hydrogen) atoms. The van der Waals surface area contributed by atoms with Crippen LogP contribution in [0.3, 0.4) is 0 Å². The lowest BCUT2D eigenvalue weighted by molar-refractivity contribution is -0.138. The highest BCUT2D eigenvalue weighted by Crippen LogP contribution is 2.13. The number of hydrogen-bond donors (Lipinski definition) is 10. The normalized spacial score (nSPS) is 14.4. The SMILES string of the molecule is CC(=O)N[C@@H](C)C(=O)N[C@@H](CCC(=O)O)C(=O)N[C@H](C(=O)N[C@@H](Cc1ccc(O)cc1)C(=O)N[C@@H](CCCCN)C(=O)N[C@@H](C)C(N)=O)C(C)C. The van der Waals surface area contributed by atoms with Crippen molar-refractivity contribution in [1.29, 1.82) is 0 Å². The molecule has 284 valence electrons. The van der Waals surface area contributed by atoms with Gasteiger partial charge in [0.2, 0.25) is 41.4 Å². The Morgan fingerprint density at radius 1 is 0.667 bits per heavy atom. The zero-order valence-corrected chi connectivity index (χ0v) is 29.6. The van der Waals surface area contributed by atoms with Crippen LogP contribution in [0.5, 0.6) is 5.75 Å². The lowest BCUT2D eigenvalue weighted by Crippen LogP contribution is -2.60. The maximum Gasteiger partial charge on any atom is 0.303 e. The van der Waals surface area contributed by atoms with Crippen molar-refractivity contribution >= 4 is 47.3 Å². The number of rotatable bonds is 22. The summed E-state index contributed by atoms with van der Waals surface area (Å²) in [4.78, 5) is 101. The number of nitrogens with two attached hydrogens (primary N) is 2. The van der Waals surface area contributed by atoms with Crippen molar-refractivity contribution in [3.63, 3.8) is 0 Å². The highest BCUT2D eigenvalue weighted by atomic mass is 16.4. The van der Waals surface area contributed by atoms with Gasteiger partial charge in [0.05, 0.1) is 0 Å². The van der Waals surface area contributed by atoms with Crippen LogP contribution in [-0.2, 0) is 44.8 Å². The van der Waals surface area contributed by atoms with Crippen LogP contribution in [0.4, 0.5) is 0 Å². The molecule has 0 bridgehead atoms. The van der Waals surface area contributed by atoms with Crippen molar-refractivity contribution in [2.45, 2.75) is 109 Å². The van der Waals surface area contributed by atoms with Gasteiger partial charge in [-0.25, -0.2) is 0 Å². The summed E-state index contributed by atoms with van der Waals surface area (Å²) in [5.41, 5.74) is 11.4. The molecule has 0 radical (unpaired) electrons. The average Bonchev–Trinajstić information content (AvgIpc) is 3.04. The second-order valence-corrected chi connectivity index (χ2v) is 12.6. The van der Waals surface area contributed by atoms with Gasteiger partial charge in [-0.2, -0.15) is 0 Å². The lowest BCUT2D eigenvalue weighted by atomic mass is 9.99. The smallest absolute Gasteiger partial charge is 0.303 e. The first-order valence-electron chi connectivity index (χ1n) is 16.6. The fourth-order valence-electron chi connectivity index (χ4n) is 4.75. The van der Waals surface area contributed by atoms with Gasteiger partial charge in [0, 0.05) is 19.8 Å². The molecule has 1 rings (SSSR count). The van der Waals surface area contributed by atoms with E-state index >= 15 is 0 Å². The van der Waals surface area contributed by atoms with Crippen LogP contribution < -0.4 is 43.4 Å². The first kappa shape index (κ1) is 43.8. The summed E-state index contributed by atoms with van der Waals surface area (Å²) in [6.45, 7) is 7.51. The first-order chi connectivity index (χ1) is 23.9. The minimum absolute atomic E-state index is 0.0393. The van der Waals surface area contributed by atoms with Crippen molar-refractivity contribution in [3.8, 4) is 5.75 Å². The Labute approximate surface area is 296 Å². The average molecular weight is 721 g/mol. The molecule has 0 aromatic heterocycles. The van der Waals surface area contributed by atoms with Crippen LogP contribution in [0, 0.1) is 5.92 Å². The molecule has 0 saturated carbocycles. The van der Waals surface area contributed by atoms with Gasteiger partial charge >= 0.3 is 5.97 Å². The second-order valence-electron chi connectivity index (χ2n) is 12.6. The largest absolute Gasteiger partial charge is 0.508 e. The highest BCUT2D eigenvalue weighted by Gasteiger charge is 2.34. The number of primary amides is 1. The minimum atomic E-state index is -1.40. The zero-order chi connectivity index (χ0) is 38.8. The molecule has 18 nitrogen and oxygen atoms in total. The number of aromatic hydroxyl groups is 1. The fraction of sp³-hybridized carbons (Fsp3) is 0.576. The number of nitrogens with one attached hydrogen (secondary N) is 6. The van der Waals surface area contributed by atoms with Crippen LogP contribution in [0.1, 0.15) is 72.3 Å². The van der Waals surface area contributed by atoms with E-state index in [0.29, 0.717) is 24.9 Å². The van der Waals surface area contributed by atoms with Crippen molar-refractivity contribution in [2.75, 3.05) is 6.54 Å².